The Balaban J connectivity index is 1.38. The lowest BCUT2D eigenvalue weighted by molar-refractivity contribution is -0.123. The van der Waals surface area contributed by atoms with E-state index in [4.69, 9.17) is 14.2 Å². The van der Waals surface area contributed by atoms with E-state index in [0.717, 1.165) is 47.2 Å². The van der Waals surface area contributed by atoms with Crippen molar-refractivity contribution in [2.75, 3.05) is 26.6 Å². The molecule has 3 atom stereocenters. The zero-order valence-corrected chi connectivity index (χ0v) is 28.4. The zero-order valence-electron chi connectivity index (χ0n) is 28.4. The number of methoxy groups -OCH3 is 3. The van der Waals surface area contributed by atoms with Crippen molar-refractivity contribution < 1.29 is 23.8 Å². The molecule has 4 N–H and O–H groups in total. The maximum absolute atomic E-state index is 14.0. The second-order valence-corrected chi connectivity index (χ2v) is 13.0. The first-order valence-corrected chi connectivity index (χ1v) is 16.6. The van der Waals surface area contributed by atoms with Crippen LogP contribution in [0.4, 0.5) is 5.69 Å². The maximum atomic E-state index is 14.0. The van der Waals surface area contributed by atoms with Gasteiger partial charge in [-0.15, -0.1) is 0 Å². The first-order valence-electron chi connectivity index (χ1n) is 16.6. The molecule has 48 heavy (non-hydrogen) atoms. The number of aryl methyl sites for hydroxylation is 2. The Bertz CT molecular complexity index is 1930. The molecule has 252 valence electrons. The molecular formula is C38H44N4O6. The molecule has 3 aromatic carbocycles. The Morgan fingerprint density at radius 1 is 0.896 bits per heavy atom. The summed E-state index contributed by atoms with van der Waals surface area (Å²) in [5, 5.41) is 10.8. The number of amides is 2. The smallest absolute Gasteiger partial charge is 0.243 e. The molecule has 0 spiro atoms. The van der Waals surface area contributed by atoms with Gasteiger partial charge in [-0.05, 0) is 84.5 Å². The van der Waals surface area contributed by atoms with E-state index in [-0.39, 0.29) is 34.9 Å². The number of ether oxygens (including phenoxy) is 3. The molecule has 0 aliphatic heterocycles. The lowest BCUT2D eigenvalue weighted by Gasteiger charge is -2.28. The van der Waals surface area contributed by atoms with Crippen LogP contribution in [0.25, 0.3) is 22.0 Å². The molecule has 1 heterocycles. The van der Waals surface area contributed by atoms with Gasteiger partial charge < -0.3 is 35.1 Å². The second-order valence-electron chi connectivity index (χ2n) is 13.0. The Hall–Kier alpha value is -4.99. The van der Waals surface area contributed by atoms with E-state index >= 15 is 0 Å². The number of benzene rings is 2. The van der Waals surface area contributed by atoms with Crippen LogP contribution in [0.3, 0.4) is 0 Å². The van der Waals surface area contributed by atoms with Gasteiger partial charge >= 0.3 is 0 Å². The van der Waals surface area contributed by atoms with Crippen LogP contribution in [0, 0.1) is 5.92 Å². The van der Waals surface area contributed by atoms with Gasteiger partial charge in [-0.3, -0.25) is 14.4 Å². The van der Waals surface area contributed by atoms with Crippen LogP contribution in [-0.4, -0.2) is 44.2 Å². The van der Waals surface area contributed by atoms with E-state index in [2.05, 4.69) is 33.1 Å². The number of carbonyl (C=O) groups excluding carboxylic acids is 2. The highest BCUT2D eigenvalue weighted by molar-refractivity contribution is 5.88. The lowest BCUT2D eigenvalue weighted by Crippen LogP contribution is -2.45. The van der Waals surface area contributed by atoms with Gasteiger partial charge in [0.1, 0.15) is 6.04 Å². The molecule has 2 aliphatic rings. The van der Waals surface area contributed by atoms with E-state index in [1.54, 1.807) is 33.5 Å². The van der Waals surface area contributed by atoms with Crippen LogP contribution in [0.5, 0.6) is 17.2 Å². The maximum Gasteiger partial charge on any atom is 0.243 e. The van der Waals surface area contributed by atoms with Crippen LogP contribution in [-0.2, 0) is 22.4 Å². The number of rotatable bonds is 9. The highest BCUT2D eigenvalue weighted by Crippen LogP contribution is 2.50. The minimum absolute atomic E-state index is 0.122. The molecule has 0 radical (unpaired) electrons. The first kappa shape index (κ1) is 32.9. The quantitative estimate of drug-likeness (QED) is 0.175. The molecular weight excluding hydrogens is 608 g/mol. The number of aromatic nitrogens is 1. The van der Waals surface area contributed by atoms with Crippen molar-refractivity contribution in [3.63, 3.8) is 0 Å². The molecule has 2 amide bonds. The fourth-order valence-corrected chi connectivity index (χ4v) is 7.35. The average Bonchev–Trinajstić information content (AvgIpc) is 3.30. The molecule has 4 aromatic rings. The summed E-state index contributed by atoms with van der Waals surface area (Å²) in [5.41, 5.74) is 6.48. The topological polar surface area (TPSA) is 131 Å². The van der Waals surface area contributed by atoms with Gasteiger partial charge in [0.05, 0.1) is 39.1 Å². The number of nitrogens with one attached hydrogen (secondary N) is 4. The van der Waals surface area contributed by atoms with Crippen molar-refractivity contribution in [1.29, 1.82) is 0 Å². The minimum atomic E-state index is -0.674. The predicted molar refractivity (Wildman–Crippen MR) is 187 cm³/mol. The molecule has 10 nitrogen and oxygen atoms in total. The predicted octanol–water partition coefficient (Wildman–Crippen LogP) is 5.97. The number of H-pyrrole nitrogens is 1. The lowest BCUT2D eigenvalue weighted by atomic mass is 9.91. The van der Waals surface area contributed by atoms with E-state index in [1.165, 1.54) is 17.9 Å². The summed E-state index contributed by atoms with van der Waals surface area (Å²) in [6, 6.07) is 14.0. The van der Waals surface area contributed by atoms with Gasteiger partial charge in [-0.25, -0.2) is 0 Å². The summed E-state index contributed by atoms with van der Waals surface area (Å²) >= 11 is 0. The summed E-state index contributed by atoms with van der Waals surface area (Å²) in [6.45, 7) is 5.39. The zero-order chi connectivity index (χ0) is 34.1. The van der Waals surface area contributed by atoms with Gasteiger partial charge in [-0.1, -0.05) is 38.1 Å². The molecule has 2 aliphatic carbocycles. The van der Waals surface area contributed by atoms with Gasteiger partial charge in [0.25, 0.3) is 0 Å². The third-order valence-electron chi connectivity index (χ3n) is 9.61. The fraction of sp³-hybridized carbons (Fsp3) is 0.395. The average molecular weight is 653 g/mol. The van der Waals surface area contributed by atoms with Gasteiger partial charge in [0, 0.05) is 29.1 Å². The van der Waals surface area contributed by atoms with Crippen molar-refractivity contribution in [3.05, 3.63) is 81.1 Å². The summed E-state index contributed by atoms with van der Waals surface area (Å²) in [5.74, 6) is 0.953. The number of carbonyl (C=O) groups is 2. The number of aromatic amines is 1. The fourth-order valence-electron chi connectivity index (χ4n) is 7.35. The Morgan fingerprint density at radius 2 is 1.67 bits per heavy atom. The van der Waals surface area contributed by atoms with Crippen molar-refractivity contribution in [3.8, 4) is 28.4 Å². The van der Waals surface area contributed by atoms with Crippen molar-refractivity contribution in [2.24, 2.45) is 5.92 Å². The Labute approximate surface area is 280 Å². The van der Waals surface area contributed by atoms with Crippen LogP contribution in [0.1, 0.15) is 74.5 Å². The highest BCUT2D eigenvalue weighted by atomic mass is 16.5. The minimum Gasteiger partial charge on any atom is -0.493 e. The summed E-state index contributed by atoms with van der Waals surface area (Å²) in [6.07, 6.45) is 3.92. The third-order valence-corrected chi connectivity index (χ3v) is 9.61. The molecule has 0 saturated carbocycles. The molecule has 0 bridgehead atoms. The highest BCUT2D eigenvalue weighted by Gasteiger charge is 2.32. The molecule has 10 heteroatoms. The van der Waals surface area contributed by atoms with Crippen molar-refractivity contribution >= 4 is 28.4 Å². The monoisotopic (exact) mass is 652 g/mol. The molecule has 6 rings (SSSR count). The summed E-state index contributed by atoms with van der Waals surface area (Å²) in [4.78, 5) is 43.8. The SMILES string of the molecule is COc1cc2c(c(OC)c1OC)-c1ccc(N[C@H](C(=O)NC3CCCc4c3[nH]c3ccccc43)C(C)C)c(=O)cc1[C@@H](NC(C)=O)CC2. The van der Waals surface area contributed by atoms with Crippen LogP contribution in [0.2, 0.25) is 0 Å². The van der Waals surface area contributed by atoms with Gasteiger partial charge in [0.2, 0.25) is 23.0 Å². The third kappa shape index (κ3) is 6.07. The number of hydrogen-bond acceptors (Lipinski definition) is 7. The second kappa shape index (κ2) is 13.6. The van der Waals surface area contributed by atoms with E-state index in [0.29, 0.717) is 35.7 Å². The molecule has 1 unspecified atom stereocenters. The molecule has 1 aromatic heterocycles. The van der Waals surface area contributed by atoms with E-state index in [1.807, 2.05) is 38.1 Å². The number of anilines is 1. The van der Waals surface area contributed by atoms with Crippen molar-refractivity contribution in [1.82, 2.24) is 15.6 Å². The Kier molecular flexibility index (Phi) is 9.35. The van der Waals surface area contributed by atoms with Crippen molar-refractivity contribution in [2.45, 2.75) is 71.0 Å². The largest absolute Gasteiger partial charge is 0.493 e. The van der Waals surface area contributed by atoms with Crippen LogP contribution >= 0.6 is 0 Å². The molecule has 0 saturated heterocycles. The molecule has 0 fully saturated rings. The first-order chi connectivity index (χ1) is 23.1. The van der Waals surface area contributed by atoms with E-state index < -0.39 is 12.1 Å². The van der Waals surface area contributed by atoms with Gasteiger partial charge in [0.15, 0.2) is 11.5 Å². The summed E-state index contributed by atoms with van der Waals surface area (Å²) < 4.78 is 17.2. The number of fused-ring (bicyclic) bond motifs is 6. The van der Waals surface area contributed by atoms with E-state index in [9.17, 15) is 14.4 Å². The summed E-state index contributed by atoms with van der Waals surface area (Å²) in [7, 11) is 4.70. The van der Waals surface area contributed by atoms with Crippen LogP contribution < -0.4 is 35.6 Å². The Morgan fingerprint density at radius 3 is 2.38 bits per heavy atom. The normalized spacial score (nSPS) is 17.3. The van der Waals surface area contributed by atoms with Gasteiger partial charge in [-0.2, -0.15) is 0 Å². The number of hydrogen-bond donors (Lipinski definition) is 4. The van der Waals surface area contributed by atoms with Crippen LogP contribution in [0.15, 0.2) is 53.3 Å². The standard InChI is InChI=1S/C38H44N4O6/c1-20(2)34(38(45)42-30-13-9-11-25-23-10-7-8-12-27(23)40-35(25)30)41-29-17-15-24-26(19-31(29)44)28(39-21(3)43)16-14-22-18-32(46-4)36(47-5)37(48-6)33(22)24/h7-8,10,12,15,17-20,28,30,34,40H,9,11,13-14,16H2,1-6H3,(H,39,43)(H,41,44)(H,42,45)/t28-,30?,34-/m0/s1. The number of para-hydroxylation sites is 1.